The number of rotatable bonds is 4. The SMILES string of the molecule is C=CCCCC1=C(C)CCCC1O. The normalized spacial score (nSPS) is 23.4. The van der Waals surface area contributed by atoms with E-state index in [2.05, 4.69) is 13.5 Å². The van der Waals surface area contributed by atoms with Crippen molar-refractivity contribution in [1.82, 2.24) is 0 Å². The Morgan fingerprint density at radius 3 is 3.00 bits per heavy atom. The molecule has 0 fully saturated rings. The van der Waals surface area contributed by atoms with Gasteiger partial charge in [0.05, 0.1) is 6.10 Å². The van der Waals surface area contributed by atoms with Crippen molar-refractivity contribution in [2.24, 2.45) is 0 Å². The molecular formula is C12H20O. The molecule has 0 saturated carbocycles. The first-order valence-corrected chi connectivity index (χ1v) is 5.23. The van der Waals surface area contributed by atoms with Crippen molar-refractivity contribution in [3.05, 3.63) is 23.8 Å². The van der Waals surface area contributed by atoms with Crippen molar-refractivity contribution >= 4 is 0 Å². The van der Waals surface area contributed by atoms with Crippen molar-refractivity contribution in [2.75, 3.05) is 0 Å². The zero-order chi connectivity index (χ0) is 9.68. The fourth-order valence-electron chi connectivity index (χ4n) is 2.00. The van der Waals surface area contributed by atoms with Crippen LogP contribution in [-0.2, 0) is 0 Å². The van der Waals surface area contributed by atoms with Crippen LogP contribution in [0.4, 0.5) is 0 Å². The molecule has 0 saturated heterocycles. The molecule has 1 unspecified atom stereocenters. The minimum atomic E-state index is -0.154. The Labute approximate surface area is 81.2 Å². The third-order valence-corrected chi connectivity index (χ3v) is 2.83. The van der Waals surface area contributed by atoms with E-state index in [-0.39, 0.29) is 6.10 Å². The molecule has 1 aliphatic carbocycles. The lowest BCUT2D eigenvalue weighted by atomic mass is 9.87. The largest absolute Gasteiger partial charge is 0.389 e. The minimum absolute atomic E-state index is 0.154. The van der Waals surface area contributed by atoms with Gasteiger partial charge in [0.25, 0.3) is 0 Å². The molecule has 1 aliphatic rings. The summed E-state index contributed by atoms with van der Waals surface area (Å²) in [6, 6.07) is 0. The highest BCUT2D eigenvalue weighted by molar-refractivity contribution is 5.19. The molecule has 1 heteroatoms. The third-order valence-electron chi connectivity index (χ3n) is 2.83. The number of aliphatic hydroxyl groups excluding tert-OH is 1. The van der Waals surface area contributed by atoms with Crippen LogP contribution in [0.3, 0.4) is 0 Å². The average Bonchev–Trinajstić information content (AvgIpc) is 2.10. The summed E-state index contributed by atoms with van der Waals surface area (Å²) in [5.41, 5.74) is 2.72. The number of allylic oxidation sites excluding steroid dienone is 2. The molecule has 0 heterocycles. The van der Waals surface area contributed by atoms with Gasteiger partial charge in [-0.3, -0.25) is 0 Å². The average molecular weight is 180 g/mol. The highest BCUT2D eigenvalue weighted by atomic mass is 16.3. The van der Waals surface area contributed by atoms with Crippen LogP contribution in [0.25, 0.3) is 0 Å². The van der Waals surface area contributed by atoms with E-state index in [0.29, 0.717) is 0 Å². The zero-order valence-electron chi connectivity index (χ0n) is 8.55. The summed E-state index contributed by atoms with van der Waals surface area (Å²) >= 11 is 0. The summed E-state index contributed by atoms with van der Waals surface area (Å²) in [7, 11) is 0. The number of unbranched alkanes of at least 4 members (excludes halogenated alkanes) is 1. The second-order valence-corrected chi connectivity index (χ2v) is 3.89. The van der Waals surface area contributed by atoms with Gasteiger partial charge >= 0.3 is 0 Å². The predicted octanol–water partition coefficient (Wildman–Crippen LogP) is 3.20. The summed E-state index contributed by atoms with van der Waals surface area (Å²) in [5, 5.41) is 9.75. The minimum Gasteiger partial charge on any atom is -0.389 e. The molecule has 0 aliphatic heterocycles. The van der Waals surface area contributed by atoms with Crippen LogP contribution in [0.1, 0.15) is 45.4 Å². The molecule has 0 aromatic carbocycles. The highest BCUT2D eigenvalue weighted by Gasteiger charge is 2.17. The second-order valence-electron chi connectivity index (χ2n) is 3.89. The number of hydrogen-bond acceptors (Lipinski definition) is 1. The van der Waals surface area contributed by atoms with E-state index in [9.17, 15) is 5.11 Å². The van der Waals surface area contributed by atoms with Gasteiger partial charge in [-0.05, 0) is 51.0 Å². The maximum atomic E-state index is 9.75. The van der Waals surface area contributed by atoms with Crippen molar-refractivity contribution in [1.29, 1.82) is 0 Å². The first-order valence-electron chi connectivity index (χ1n) is 5.23. The Kier molecular flexibility index (Phi) is 4.23. The first kappa shape index (κ1) is 10.5. The van der Waals surface area contributed by atoms with Gasteiger partial charge in [-0.2, -0.15) is 0 Å². The van der Waals surface area contributed by atoms with Crippen LogP contribution in [0.2, 0.25) is 0 Å². The molecule has 1 N–H and O–H groups in total. The Morgan fingerprint density at radius 2 is 2.38 bits per heavy atom. The van der Waals surface area contributed by atoms with E-state index in [4.69, 9.17) is 0 Å². The van der Waals surface area contributed by atoms with Gasteiger partial charge in [-0.1, -0.05) is 11.6 Å². The molecule has 0 radical (unpaired) electrons. The molecule has 13 heavy (non-hydrogen) atoms. The molecule has 0 amide bonds. The van der Waals surface area contributed by atoms with Crippen molar-refractivity contribution in [2.45, 2.75) is 51.6 Å². The summed E-state index contributed by atoms with van der Waals surface area (Å²) in [5.74, 6) is 0. The lowest BCUT2D eigenvalue weighted by Crippen LogP contribution is -2.16. The van der Waals surface area contributed by atoms with E-state index in [0.717, 1.165) is 32.1 Å². The fraction of sp³-hybridized carbons (Fsp3) is 0.667. The zero-order valence-corrected chi connectivity index (χ0v) is 8.55. The van der Waals surface area contributed by atoms with E-state index < -0.39 is 0 Å². The molecule has 1 nitrogen and oxygen atoms in total. The number of aliphatic hydroxyl groups is 1. The molecule has 0 aromatic heterocycles. The standard InChI is InChI=1S/C12H20O/c1-3-4-5-8-11-10(2)7-6-9-12(11)13/h3,12-13H,1,4-9H2,2H3. The van der Waals surface area contributed by atoms with Gasteiger partial charge in [0, 0.05) is 0 Å². The maximum absolute atomic E-state index is 9.75. The summed E-state index contributed by atoms with van der Waals surface area (Å²) in [6.45, 7) is 5.86. The second kappa shape index (κ2) is 5.23. The lowest BCUT2D eigenvalue weighted by molar-refractivity contribution is 0.184. The van der Waals surface area contributed by atoms with Crippen LogP contribution >= 0.6 is 0 Å². The maximum Gasteiger partial charge on any atom is 0.0752 e. The monoisotopic (exact) mass is 180 g/mol. The Hall–Kier alpha value is -0.560. The molecule has 74 valence electrons. The number of hydrogen-bond donors (Lipinski definition) is 1. The van der Waals surface area contributed by atoms with E-state index in [1.54, 1.807) is 0 Å². The van der Waals surface area contributed by atoms with Gasteiger partial charge in [0.15, 0.2) is 0 Å². The van der Waals surface area contributed by atoms with Crippen molar-refractivity contribution in [3.8, 4) is 0 Å². The first-order chi connectivity index (χ1) is 6.25. The van der Waals surface area contributed by atoms with Crippen LogP contribution in [0, 0.1) is 0 Å². The van der Waals surface area contributed by atoms with Gasteiger partial charge < -0.3 is 5.11 Å². The molecule has 0 bridgehead atoms. The molecular weight excluding hydrogens is 160 g/mol. The van der Waals surface area contributed by atoms with Crippen molar-refractivity contribution < 1.29 is 5.11 Å². The Balaban J connectivity index is 2.48. The Bertz CT molecular complexity index is 203. The van der Waals surface area contributed by atoms with Gasteiger partial charge in [0.1, 0.15) is 0 Å². The topological polar surface area (TPSA) is 20.2 Å². The quantitative estimate of drug-likeness (QED) is 0.520. The van der Waals surface area contributed by atoms with Crippen LogP contribution < -0.4 is 0 Å². The smallest absolute Gasteiger partial charge is 0.0752 e. The predicted molar refractivity (Wildman–Crippen MR) is 56.6 cm³/mol. The van der Waals surface area contributed by atoms with E-state index in [1.807, 2.05) is 6.08 Å². The summed E-state index contributed by atoms with van der Waals surface area (Å²) in [6.07, 6.45) is 8.33. The summed E-state index contributed by atoms with van der Waals surface area (Å²) < 4.78 is 0. The molecule has 1 rings (SSSR count). The highest BCUT2D eigenvalue weighted by Crippen LogP contribution is 2.28. The van der Waals surface area contributed by atoms with Gasteiger partial charge in [-0.25, -0.2) is 0 Å². The van der Waals surface area contributed by atoms with Gasteiger partial charge in [-0.15, -0.1) is 6.58 Å². The fourth-order valence-corrected chi connectivity index (χ4v) is 2.00. The van der Waals surface area contributed by atoms with E-state index in [1.165, 1.54) is 17.6 Å². The lowest BCUT2D eigenvalue weighted by Gasteiger charge is -2.23. The van der Waals surface area contributed by atoms with Crippen LogP contribution in [0.5, 0.6) is 0 Å². The van der Waals surface area contributed by atoms with E-state index >= 15 is 0 Å². The van der Waals surface area contributed by atoms with Gasteiger partial charge in [0.2, 0.25) is 0 Å². The summed E-state index contributed by atoms with van der Waals surface area (Å²) in [4.78, 5) is 0. The van der Waals surface area contributed by atoms with Crippen molar-refractivity contribution in [3.63, 3.8) is 0 Å². The molecule has 0 aromatic rings. The van der Waals surface area contributed by atoms with Crippen LogP contribution in [-0.4, -0.2) is 11.2 Å². The third kappa shape index (κ3) is 3.00. The molecule has 0 spiro atoms. The molecule has 1 atom stereocenters. The van der Waals surface area contributed by atoms with Crippen LogP contribution in [0.15, 0.2) is 23.8 Å². The Morgan fingerprint density at radius 1 is 1.62 bits per heavy atom.